The second kappa shape index (κ2) is 9.66. The van der Waals surface area contributed by atoms with Gasteiger partial charge in [-0.1, -0.05) is 29.8 Å². The molecule has 0 radical (unpaired) electrons. The molecule has 1 fully saturated rings. The maximum atomic E-state index is 10.3. The molecule has 6 nitrogen and oxygen atoms in total. The molecule has 0 amide bonds. The number of aryl methyl sites for hydroxylation is 1. The van der Waals surface area contributed by atoms with Gasteiger partial charge in [0.15, 0.2) is 0 Å². The van der Waals surface area contributed by atoms with E-state index in [4.69, 9.17) is 16.3 Å². The van der Waals surface area contributed by atoms with Crippen LogP contribution >= 0.6 is 11.6 Å². The maximum Gasteiger partial charge on any atom is 0.0791 e. The lowest BCUT2D eigenvalue weighted by atomic mass is 10.2. The Labute approximate surface area is 166 Å². The number of morpholine rings is 1. The Morgan fingerprint density at radius 2 is 2.00 bits per heavy atom. The highest BCUT2D eigenvalue weighted by molar-refractivity contribution is 6.31. The number of benzene rings is 1. The average Bonchev–Trinajstić information content (AvgIpc) is 2.92. The molecule has 3 rings (SSSR count). The summed E-state index contributed by atoms with van der Waals surface area (Å²) in [6.45, 7) is 9.99. The number of hydrogen-bond donors (Lipinski definition) is 2. The zero-order valence-corrected chi connectivity index (χ0v) is 16.9. The van der Waals surface area contributed by atoms with Gasteiger partial charge in [-0.05, 0) is 25.5 Å². The van der Waals surface area contributed by atoms with E-state index in [1.165, 1.54) is 5.56 Å². The lowest BCUT2D eigenvalue weighted by molar-refractivity contribution is 0.0149. The Hall–Kier alpha value is -1.44. The summed E-state index contributed by atoms with van der Waals surface area (Å²) in [5.74, 6) is 0. The first-order valence-corrected chi connectivity index (χ1v) is 9.87. The molecule has 0 aliphatic carbocycles. The molecule has 1 aromatic heterocycles. The van der Waals surface area contributed by atoms with E-state index in [0.29, 0.717) is 26.2 Å². The molecule has 0 unspecified atom stereocenters. The highest BCUT2D eigenvalue weighted by atomic mass is 35.5. The summed E-state index contributed by atoms with van der Waals surface area (Å²) in [5, 5.41) is 19.1. The zero-order valence-electron chi connectivity index (χ0n) is 16.1. The number of aliphatic hydroxyl groups is 1. The number of ether oxygens (including phenoxy) is 1. The van der Waals surface area contributed by atoms with Crippen molar-refractivity contribution in [3.05, 3.63) is 51.8 Å². The molecule has 27 heavy (non-hydrogen) atoms. The highest BCUT2D eigenvalue weighted by Gasteiger charge is 2.16. The highest BCUT2D eigenvalue weighted by Crippen LogP contribution is 2.19. The van der Waals surface area contributed by atoms with E-state index in [1.54, 1.807) is 0 Å². The van der Waals surface area contributed by atoms with Gasteiger partial charge in [0.1, 0.15) is 0 Å². The maximum absolute atomic E-state index is 10.3. The number of aromatic nitrogens is 2. The molecule has 1 aliphatic rings. The fourth-order valence-electron chi connectivity index (χ4n) is 3.44. The van der Waals surface area contributed by atoms with Crippen LogP contribution in [0, 0.1) is 13.8 Å². The van der Waals surface area contributed by atoms with Crippen LogP contribution < -0.4 is 5.32 Å². The molecule has 0 saturated carbocycles. The molecule has 7 heteroatoms. The van der Waals surface area contributed by atoms with Gasteiger partial charge in [0.2, 0.25) is 0 Å². The first kappa shape index (κ1) is 20.3. The Morgan fingerprint density at radius 1 is 1.26 bits per heavy atom. The van der Waals surface area contributed by atoms with Crippen molar-refractivity contribution in [3.63, 3.8) is 0 Å². The van der Waals surface area contributed by atoms with Crippen LogP contribution in [0.3, 0.4) is 0 Å². The number of hydrogen-bond acceptors (Lipinski definition) is 5. The van der Waals surface area contributed by atoms with Crippen LogP contribution in [-0.2, 0) is 17.8 Å². The summed E-state index contributed by atoms with van der Waals surface area (Å²) in [4.78, 5) is 2.24. The second-order valence-electron chi connectivity index (χ2n) is 7.10. The molecule has 0 spiro atoms. The van der Waals surface area contributed by atoms with Crippen LogP contribution in [0.15, 0.2) is 24.3 Å². The summed E-state index contributed by atoms with van der Waals surface area (Å²) in [5.41, 5.74) is 4.38. The van der Waals surface area contributed by atoms with Crippen LogP contribution in [0.4, 0.5) is 0 Å². The predicted octanol–water partition coefficient (Wildman–Crippen LogP) is 1.98. The molecule has 2 aromatic rings. The molecular weight excluding hydrogens is 364 g/mol. The molecule has 1 aliphatic heterocycles. The predicted molar refractivity (Wildman–Crippen MR) is 107 cm³/mol. The summed E-state index contributed by atoms with van der Waals surface area (Å²) >= 11 is 6.28. The van der Waals surface area contributed by atoms with Gasteiger partial charge in [0.05, 0.1) is 31.6 Å². The van der Waals surface area contributed by atoms with E-state index >= 15 is 0 Å². The zero-order chi connectivity index (χ0) is 19.2. The summed E-state index contributed by atoms with van der Waals surface area (Å²) in [6, 6.07) is 7.86. The van der Waals surface area contributed by atoms with Crippen molar-refractivity contribution >= 4 is 11.6 Å². The number of nitrogens with one attached hydrogen (secondary N) is 1. The Kier molecular flexibility index (Phi) is 7.26. The first-order valence-electron chi connectivity index (χ1n) is 9.49. The molecular formula is C20H29ClN4O2. The molecule has 1 aromatic carbocycles. The van der Waals surface area contributed by atoms with Crippen LogP contribution in [0.25, 0.3) is 0 Å². The Bertz CT molecular complexity index is 744. The molecule has 1 saturated heterocycles. The molecule has 1 atom stereocenters. The van der Waals surface area contributed by atoms with Crippen LogP contribution in [0.2, 0.25) is 5.02 Å². The van der Waals surface area contributed by atoms with E-state index in [9.17, 15) is 5.11 Å². The van der Waals surface area contributed by atoms with Crippen molar-refractivity contribution in [3.8, 4) is 0 Å². The smallest absolute Gasteiger partial charge is 0.0791 e. The summed E-state index contributed by atoms with van der Waals surface area (Å²) < 4.78 is 7.34. The van der Waals surface area contributed by atoms with Crippen molar-refractivity contribution < 1.29 is 9.84 Å². The van der Waals surface area contributed by atoms with Crippen LogP contribution in [0.1, 0.15) is 22.5 Å². The molecule has 0 bridgehead atoms. The third kappa shape index (κ3) is 5.53. The van der Waals surface area contributed by atoms with E-state index in [0.717, 1.165) is 48.3 Å². The van der Waals surface area contributed by atoms with Gasteiger partial charge in [-0.15, -0.1) is 0 Å². The third-order valence-corrected chi connectivity index (χ3v) is 5.43. The van der Waals surface area contributed by atoms with Crippen molar-refractivity contribution in [1.29, 1.82) is 0 Å². The normalized spacial score (nSPS) is 16.6. The quantitative estimate of drug-likeness (QED) is 0.719. The number of β-amino-alcohol motifs (C(OH)–C–C–N with tert-alkyl or cyclic N) is 1. The van der Waals surface area contributed by atoms with Gasteiger partial charge in [-0.3, -0.25) is 9.58 Å². The minimum Gasteiger partial charge on any atom is -0.390 e. The molecule has 2 N–H and O–H groups in total. The van der Waals surface area contributed by atoms with Crippen molar-refractivity contribution in [2.24, 2.45) is 0 Å². The summed E-state index contributed by atoms with van der Waals surface area (Å²) in [6.07, 6.45) is -0.387. The molecule has 2 heterocycles. The first-order chi connectivity index (χ1) is 13.0. The minimum absolute atomic E-state index is 0.387. The van der Waals surface area contributed by atoms with Crippen molar-refractivity contribution in [2.45, 2.75) is 33.0 Å². The van der Waals surface area contributed by atoms with E-state index in [-0.39, 0.29) is 6.10 Å². The lowest BCUT2D eigenvalue weighted by Crippen LogP contribution is -2.43. The third-order valence-electron chi connectivity index (χ3n) is 5.06. The SMILES string of the molecule is Cc1nn(Cc2ccccc2Cl)c(C)c1CNC[C@@H](O)CN1CCOCC1. The Balaban J connectivity index is 1.53. The van der Waals surface area contributed by atoms with E-state index in [2.05, 4.69) is 22.2 Å². The van der Waals surface area contributed by atoms with Gasteiger partial charge in [-0.2, -0.15) is 5.10 Å². The van der Waals surface area contributed by atoms with Crippen molar-refractivity contribution in [1.82, 2.24) is 20.0 Å². The monoisotopic (exact) mass is 392 g/mol. The number of rotatable bonds is 8. The van der Waals surface area contributed by atoms with Gasteiger partial charge >= 0.3 is 0 Å². The number of halogens is 1. The Morgan fingerprint density at radius 3 is 2.74 bits per heavy atom. The fraction of sp³-hybridized carbons (Fsp3) is 0.550. The summed E-state index contributed by atoms with van der Waals surface area (Å²) in [7, 11) is 0. The number of aliphatic hydroxyl groups excluding tert-OH is 1. The standard InChI is InChI=1S/C20H29ClN4O2/c1-15-19(12-22-11-18(26)14-24-7-9-27-10-8-24)16(2)25(23-15)13-17-5-3-4-6-20(17)21/h3-6,18,22,26H,7-14H2,1-2H3/t18-/m1/s1. The topological polar surface area (TPSA) is 62.5 Å². The van der Waals surface area contributed by atoms with Gasteiger partial charge in [-0.25, -0.2) is 0 Å². The fourth-order valence-corrected chi connectivity index (χ4v) is 3.64. The second-order valence-corrected chi connectivity index (χ2v) is 7.50. The average molecular weight is 393 g/mol. The van der Waals surface area contributed by atoms with Crippen molar-refractivity contribution in [2.75, 3.05) is 39.4 Å². The molecule has 148 valence electrons. The van der Waals surface area contributed by atoms with E-state index < -0.39 is 0 Å². The van der Waals surface area contributed by atoms with Gasteiger partial charge in [0.25, 0.3) is 0 Å². The lowest BCUT2D eigenvalue weighted by Gasteiger charge is -2.28. The van der Waals surface area contributed by atoms with E-state index in [1.807, 2.05) is 35.9 Å². The van der Waals surface area contributed by atoms with Gasteiger partial charge in [0, 0.05) is 49.0 Å². The minimum atomic E-state index is -0.387. The van der Waals surface area contributed by atoms with Crippen LogP contribution in [-0.4, -0.2) is 65.3 Å². The number of nitrogens with zero attached hydrogens (tertiary/aromatic N) is 3. The van der Waals surface area contributed by atoms with Crippen LogP contribution in [0.5, 0.6) is 0 Å². The van der Waals surface area contributed by atoms with Gasteiger partial charge < -0.3 is 15.2 Å². The largest absolute Gasteiger partial charge is 0.390 e.